The van der Waals surface area contributed by atoms with Crippen LogP contribution in [0.5, 0.6) is 0 Å². The van der Waals surface area contributed by atoms with Crippen LogP contribution in [0, 0.1) is 5.92 Å². The van der Waals surface area contributed by atoms with E-state index in [4.69, 9.17) is 0 Å². The summed E-state index contributed by atoms with van der Waals surface area (Å²) in [4.78, 5) is 18.0. The summed E-state index contributed by atoms with van der Waals surface area (Å²) in [7, 11) is 0. The highest BCUT2D eigenvalue weighted by atomic mass is 16.2. The van der Waals surface area contributed by atoms with Gasteiger partial charge in [0.05, 0.1) is 12.5 Å². The molecule has 1 aromatic heterocycles. The fourth-order valence-electron chi connectivity index (χ4n) is 3.48. The molecule has 1 atom stereocenters. The minimum atomic E-state index is 0.220. The van der Waals surface area contributed by atoms with Crippen LogP contribution in [0.25, 0.3) is 0 Å². The van der Waals surface area contributed by atoms with E-state index < -0.39 is 0 Å². The van der Waals surface area contributed by atoms with Gasteiger partial charge < -0.3 is 9.88 Å². The number of H-pyrrole nitrogens is 1. The lowest BCUT2D eigenvalue weighted by molar-refractivity contribution is -0.131. The second-order valence-electron chi connectivity index (χ2n) is 6.96. The van der Waals surface area contributed by atoms with Crippen LogP contribution in [-0.2, 0) is 17.6 Å². The Balaban J connectivity index is 1.64. The molecule has 2 aromatic rings. The molecule has 1 aliphatic rings. The Morgan fingerprint density at radius 1 is 1.22 bits per heavy atom. The number of carbonyl (C=O) groups excluding carboxylic acids is 1. The third-order valence-corrected chi connectivity index (χ3v) is 4.58. The Kier molecular flexibility index (Phi) is 4.85. The zero-order chi connectivity index (χ0) is 16.2. The third kappa shape index (κ3) is 3.84. The van der Waals surface area contributed by atoms with E-state index in [0.29, 0.717) is 12.3 Å². The molecule has 1 N–H and O–H groups in total. The van der Waals surface area contributed by atoms with Crippen LogP contribution in [0.15, 0.2) is 42.6 Å². The quantitative estimate of drug-likeness (QED) is 0.886. The molecular formula is C20H26N2O. The first-order chi connectivity index (χ1) is 11.1. The second kappa shape index (κ2) is 7.03. The van der Waals surface area contributed by atoms with Gasteiger partial charge in [-0.2, -0.15) is 0 Å². The predicted molar refractivity (Wildman–Crippen MR) is 93.2 cm³/mol. The van der Waals surface area contributed by atoms with Crippen LogP contribution in [0.2, 0.25) is 0 Å². The average Bonchev–Trinajstić information content (AvgIpc) is 3.19. The Bertz CT molecular complexity index is 628. The van der Waals surface area contributed by atoms with Gasteiger partial charge in [-0.1, -0.05) is 38.1 Å². The third-order valence-electron chi connectivity index (χ3n) is 4.58. The fourth-order valence-corrected chi connectivity index (χ4v) is 3.48. The largest absolute Gasteiger partial charge is 0.363 e. The molecular weight excluding hydrogens is 284 g/mol. The summed E-state index contributed by atoms with van der Waals surface area (Å²) in [5, 5.41) is 0. The minimum Gasteiger partial charge on any atom is -0.363 e. The van der Waals surface area contributed by atoms with E-state index in [2.05, 4.69) is 49.2 Å². The lowest BCUT2D eigenvalue weighted by Crippen LogP contribution is -2.32. The molecule has 1 aromatic carbocycles. The zero-order valence-electron chi connectivity index (χ0n) is 14.1. The highest BCUT2D eigenvalue weighted by Gasteiger charge is 2.30. The van der Waals surface area contributed by atoms with Crippen molar-refractivity contribution in [2.24, 2.45) is 5.92 Å². The number of aromatic nitrogens is 1. The van der Waals surface area contributed by atoms with Gasteiger partial charge in [-0.05, 0) is 48.4 Å². The molecule has 0 spiro atoms. The number of benzene rings is 1. The number of carbonyl (C=O) groups is 1. The summed E-state index contributed by atoms with van der Waals surface area (Å²) < 4.78 is 0. The molecule has 0 aliphatic carbocycles. The van der Waals surface area contributed by atoms with Crippen molar-refractivity contribution in [1.82, 2.24) is 9.88 Å². The molecule has 0 radical (unpaired) electrons. The van der Waals surface area contributed by atoms with Gasteiger partial charge in [-0.25, -0.2) is 0 Å². The number of rotatable bonds is 5. The summed E-state index contributed by atoms with van der Waals surface area (Å²) in [5.74, 6) is 0.896. The van der Waals surface area contributed by atoms with Gasteiger partial charge in [0.25, 0.3) is 0 Å². The van der Waals surface area contributed by atoms with Crippen LogP contribution in [-0.4, -0.2) is 22.3 Å². The van der Waals surface area contributed by atoms with Gasteiger partial charge in [0.2, 0.25) is 5.91 Å². The van der Waals surface area contributed by atoms with Gasteiger partial charge in [0.1, 0.15) is 0 Å². The first-order valence-electron chi connectivity index (χ1n) is 8.64. The van der Waals surface area contributed by atoms with Gasteiger partial charge >= 0.3 is 0 Å². The van der Waals surface area contributed by atoms with Crippen molar-refractivity contribution in [1.29, 1.82) is 0 Å². The van der Waals surface area contributed by atoms with E-state index >= 15 is 0 Å². The summed E-state index contributed by atoms with van der Waals surface area (Å²) in [5.41, 5.74) is 3.62. The monoisotopic (exact) mass is 310 g/mol. The van der Waals surface area contributed by atoms with Crippen molar-refractivity contribution in [3.05, 3.63) is 59.4 Å². The first-order valence-corrected chi connectivity index (χ1v) is 8.64. The topological polar surface area (TPSA) is 36.1 Å². The molecule has 3 nitrogen and oxygen atoms in total. The summed E-state index contributed by atoms with van der Waals surface area (Å²) in [6.45, 7) is 5.32. The van der Waals surface area contributed by atoms with E-state index in [-0.39, 0.29) is 11.9 Å². The number of aromatic amines is 1. The average molecular weight is 310 g/mol. The predicted octanol–water partition coefficient (Wildman–Crippen LogP) is 4.12. The smallest absolute Gasteiger partial charge is 0.227 e. The molecule has 23 heavy (non-hydrogen) atoms. The molecule has 0 bridgehead atoms. The standard InChI is InChI=1S/C20H26N2O/c1-15(2)13-16-7-9-17(10-8-16)14-20(23)22-12-4-6-19(22)18-5-3-11-21-18/h3,5,7-11,15,19,21H,4,6,12-14H2,1-2H3. The number of amides is 1. The summed E-state index contributed by atoms with van der Waals surface area (Å²) >= 11 is 0. The maximum atomic E-state index is 12.7. The van der Waals surface area contributed by atoms with E-state index in [0.717, 1.165) is 37.1 Å². The molecule has 0 saturated carbocycles. The molecule has 1 saturated heterocycles. The number of hydrogen-bond donors (Lipinski definition) is 1. The molecule has 122 valence electrons. The Morgan fingerprint density at radius 3 is 2.61 bits per heavy atom. The van der Waals surface area contributed by atoms with E-state index in [1.165, 1.54) is 5.56 Å². The van der Waals surface area contributed by atoms with E-state index in [1.807, 2.05) is 17.2 Å². The molecule has 3 heteroatoms. The summed E-state index contributed by atoms with van der Waals surface area (Å²) in [6.07, 6.45) is 5.67. The Morgan fingerprint density at radius 2 is 1.96 bits per heavy atom. The fraction of sp³-hybridized carbons (Fsp3) is 0.450. The molecule has 1 amide bonds. The molecule has 1 unspecified atom stereocenters. The van der Waals surface area contributed by atoms with Crippen molar-refractivity contribution in [3.63, 3.8) is 0 Å². The van der Waals surface area contributed by atoms with Gasteiger partial charge in [0, 0.05) is 18.4 Å². The van der Waals surface area contributed by atoms with Crippen molar-refractivity contribution >= 4 is 5.91 Å². The lowest BCUT2D eigenvalue weighted by atomic mass is 10.0. The zero-order valence-corrected chi connectivity index (χ0v) is 14.1. The van der Waals surface area contributed by atoms with Gasteiger partial charge in [-0.3, -0.25) is 4.79 Å². The van der Waals surface area contributed by atoms with Gasteiger partial charge in [0.15, 0.2) is 0 Å². The molecule has 3 rings (SSSR count). The van der Waals surface area contributed by atoms with Crippen molar-refractivity contribution in [3.8, 4) is 0 Å². The van der Waals surface area contributed by atoms with Crippen LogP contribution in [0.3, 0.4) is 0 Å². The highest BCUT2D eigenvalue weighted by molar-refractivity contribution is 5.79. The normalized spacial score (nSPS) is 17.9. The highest BCUT2D eigenvalue weighted by Crippen LogP contribution is 2.31. The summed E-state index contributed by atoms with van der Waals surface area (Å²) in [6, 6.07) is 12.8. The number of hydrogen-bond acceptors (Lipinski definition) is 1. The number of likely N-dealkylation sites (tertiary alicyclic amines) is 1. The number of nitrogens with zero attached hydrogens (tertiary/aromatic N) is 1. The number of nitrogens with one attached hydrogen (secondary N) is 1. The van der Waals surface area contributed by atoms with E-state index in [9.17, 15) is 4.79 Å². The molecule has 2 heterocycles. The van der Waals surface area contributed by atoms with Crippen molar-refractivity contribution in [2.45, 2.75) is 45.6 Å². The minimum absolute atomic E-state index is 0.220. The van der Waals surface area contributed by atoms with Crippen LogP contribution in [0.1, 0.15) is 49.6 Å². The second-order valence-corrected chi connectivity index (χ2v) is 6.96. The van der Waals surface area contributed by atoms with Gasteiger partial charge in [-0.15, -0.1) is 0 Å². The SMILES string of the molecule is CC(C)Cc1ccc(CC(=O)N2CCCC2c2ccc[nH]2)cc1. The maximum absolute atomic E-state index is 12.7. The van der Waals surface area contributed by atoms with Crippen LogP contribution >= 0.6 is 0 Å². The first kappa shape index (κ1) is 15.9. The van der Waals surface area contributed by atoms with E-state index in [1.54, 1.807) is 0 Å². The maximum Gasteiger partial charge on any atom is 0.227 e. The van der Waals surface area contributed by atoms with Crippen LogP contribution in [0.4, 0.5) is 0 Å². The Labute approximate surface area is 138 Å². The van der Waals surface area contributed by atoms with Crippen molar-refractivity contribution in [2.75, 3.05) is 6.54 Å². The molecule has 1 fully saturated rings. The Hall–Kier alpha value is -2.03. The van der Waals surface area contributed by atoms with Crippen LogP contribution < -0.4 is 0 Å². The lowest BCUT2D eigenvalue weighted by Gasteiger charge is -2.24. The molecule has 1 aliphatic heterocycles. The van der Waals surface area contributed by atoms with Crippen molar-refractivity contribution < 1.29 is 4.79 Å².